The average Bonchev–Trinajstić information content (AvgIpc) is 2.47. The van der Waals surface area contributed by atoms with Crippen LogP contribution in [-0.2, 0) is 6.42 Å². The zero-order valence-electron chi connectivity index (χ0n) is 14.0. The monoisotopic (exact) mass is 327 g/mol. The highest BCUT2D eigenvalue weighted by Crippen LogP contribution is 2.13. The van der Waals surface area contributed by atoms with Crippen LogP contribution in [0.5, 0.6) is 0 Å². The molecule has 0 fully saturated rings. The van der Waals surface area contributed by atoms with E-state index in [1.165, 1.54) is 6.20 Å². The van der Waals surface area contributed by atoms with Crippen LogP contribution in [-0.4, -0.2) is 27.3 Å². The van der Waals surface area contributed by atoms with E-state index in [1.54, 1.807) is 18.2 Å². The van der Waals surface area contributed by atoms with Crippen molar-refractivity contribution in [1.29, 1.82) is 0 Å². The molecule has 7 nitrogen and oxygen atoms in total. The molecule has 7 heteroatoms. The lowest BCUT2D eigenvalue weighted by atomic mass is 10.0. The minimum Gasteiger partial charge on any atom is -0.382 e. The Hall–Kier alpha value is -2.96. The summed E-state index contributed by atoms with van der Waals surface area (Å²) >= 11 is 0. The predicted molar refractivity (Wildman–Crippen MR) is 91.4 cm³/mol. The number of hydrogen-bond acceptors (Lipinski definition) is 5. The smallest absolute Gasteiger partial charge is 0.271 e. The van der Waals surface area contributed by atoms with Crippen molar-refractivity contribution in [3.8, 4) is 0 Å². The molecule has 5 N–H and O–H groups in total. The molecular formula is C17H21N5O2. The molecule has 0 saturated carbocycles. The number of primary amides is 1. The Kier molecular flexibility index (Phi) is 4.82. The summed E-state index contributed by atoms with van der Waals surface area (Å²) in [6.45, 7) is 5.76. The Morgan fingerprint density at radius 3 is 2.58 bits per heavy atom. The lowest BCUT2D eigenvalue weighted by Gasteiger charge is -2.20. The van der Waals surface area contributed by atoms with Crippen molar-refractivity contribution in [2.75, 3.05) is 5.73 Å². The van der Waals surface area contributed by atoms with Crippen molar-refractivity contribution in [2.24, 2.45) is 5.73 Å². The lowest BCUT2D eigenvalue weighted by molar-refractivity contribution is 0.0918. The van der Waals surface area contributed by atoms with Gasteiger partial charge in [-0.1, -0.05) is 12.1 Å². The molecule has 0 aliphatic carbocycles. The van der Waals surface area contributed by atoms with Crippen LogP contribution < -0.4 is 16.8 Å². The highest BCUT2D eigenvalue weighted by Gasteiger charge is 2.16. The van der Waals surface area contributed by atoms with Crippen LogP contribution >= 0.6 is 0 Å². The number of hydrogen-bond donors (Lipinski definition) is 3. The molecule has 2 rings (SSSR count). The average molecular weight is 327 g/mol. The molecule has 0 aliphatic rings. The molecule has 24 heavy (non-hydrogen) atoms. The molecule has 2 aromatic rings. The maximum atomic E-state index is 12.2. The minimum absolute atomic E-state index is 0.00422. The standard InChI is InChI=1S/C17H21N5O2/c1-17(2,3)22-16(24)11-6-4-5-10(7-11)8-12-9-20-14(18)13(21-12)15(19)23/h4-7,9H,8H2,1-3H3,(H2,18,20)(H2,19,23)(H,22,24). The van der Waals surface area contributed by atoms with Crippen molar-refractivity contribution in [2.45, 2.75) is 32.7 Å². The molecule has 0 unspecified atom stereocenters. The van der Waals surface area contributed by atoms with Gasteiger partial charge in [0, 0.05) is 17.5 Å². The first-order valence-corrected chi connectivity index (χ1v) is 7.48. The Morgan fingerprint density at radius 2 is 1.96 bits per heavy atom. The third-order valence-corrected chi connectivity index (χ3v) is 3.15. The zero-order valence-corrected chi connectivity index (χ0v) is 14.0. The van der Waals surface area contributed by atoms with Gasteiger partial charge >= 0.3 is 0 Å². The second kappa shape index (κ2) is 6.66. The van der Waals surface area contributed by atoms with Gasteiger partial charge in [0.25, 0.3) is 11.8 Å². The number of nitrogens with two attached hydrogens (primary N) is 2. The summed E-state index contributed by atoms with van der Waals surface area (Å²) in [5.74, 6) is -0.865. The maximum absolute atomic E-state index is 12.2. The molecule has 0 radical (unpaired) electrons. The largest absolute Gasteiger partial charge is 0.382 e. The summed E-state index contributed by atoms with van der Waals surface area (Å²) in [5, 5.41) is 2.91. The van der Waals surface area contributed by atoms with E-state index in [9.17, 15) is 9.59 Å². The molecule has 1 aromatic heterocycles. The van der Waals surface area contributed by atoms with Crippen molar-refractivity contribution >= 4 is 17.6 Å². The number of nitrogen functional groups attached to an aromatic ring is 1. The molecule has 2 amide bonds. The zero-order chi connectivity index (χ0) is 17.9. The molecular weight excluding hydrogens is 306 g/mol. The summed E-state index contributed by atoms with van der Waals surface area (Å²) in [6.07, 6.45) is 1.90. The lowest BCUT2D eigenvalue weighted by Crippen LogP contribution is -2.40. The fraction of sp³-hybridized carbons (Fsp3) is 0.294. The van der Waals surface area contributed by atoms with Crippen LogP contribution in [0.15, 0.2) is 30.5 Å². The summed E-state index contributed by atoms with van der Waals surface area (Å²) < 4.78 is 0. The molecule has 0 spiro atoms. The molecule has 0 bridgehead atoms. The van der Waals surface area contributed by atoms with Crippen LogP contribution in [0.3, 0.4) is 0 Å². The van der Waals surface area contributed by atoms with Crippen molar-refractivity contribution in [1.82, 2.24) is 15.3 Å². The van der Waals surface area contributed by atoms with Gasteiger partial charge in [0.05, 0.1) is 11.9 Å². The summed E-state index contributed by atoms with van der Waals surface area (Å²) in [5.41, 5.74) is 12.4. The van der Waals surface area contributed by atoms with Crippen LogP contribution in [0.25, 0.3) is 0 Å². The number of carbonyl (C=O) groups excluding carboxylic acids is 2. The Balaban J connectivity index is 2.22. The van der Waals surface area contributed by atoms with Gasteiger partial charge in [-0.15, -0.1) is 0 Å². The van der Waals surface area contributed by atoms with Gasteiger partial charge in [-0.2, -0.15) is 0 Å². The van der Waals surface area contributed by atoms with Crippen LogP contribution in [0.1, 0.15) is 52.9 Å². The quantitative estimate of drug-likeness (QED) is 0.780. The molecule has 1 heterocycles. The van der Waals surface area contributed by atoms with Gasteiger partial charge in [0.1, 0.15) is 0 Å². The molecule has 126 valence electrons. The van der Waals surface area contributed by atoms with Crippen molar-refractivity contribution in [3.63, 3.8) is 0 Å². The Bertz CT molecular complexity index is 781. The third-order valence-electron chi connectivity index (χ3n) is 3.15. The number of amides is 2. The number of rotatable bonds is 4. The molecule has 0 aliphatic heterocycles. The first kappa shape index (κ1) is 17.4. The van der Waals surface area contributed by atoms with Gasteiger partial charge in [0.2, 0.25) is 0 Å². The van der Waals surface area contributed by atoms with E-state index in [2.05, 4.69) is 15.3 Å². The van der Waals surface area contributed by atoms with Gasteiger partial charge in [-0.25, -0.2) is 9.97 Å². The van der Waals surface area contributed by atoms with E-state index in [4.69, 9.17) is 11.5 Å². The Morgan fingerprint density at radius 1 is 1.25 bits per heavy atom. The van der Waals surface area contributed by atoms with Crippen LogP contribution in [0, 0.1) is 0 Å². The van der Waals surface area contributed by atoms with E-state index in [1.807, 2.05) is 26.8 Å². The number of nitrogens with zero attached hydrogens (tertiary/aromatic N) is 2. The SMILES string of the molecule is CC(C)(C)NC(=O)c1cccc(Cc2cnc(N)c(C(N)=O)n2)c1. The maximum Gasteiger partial charge on any atom is 0.271 e. The van der Waals surface area contributed by atoms with E-state index >= 15 is 0 Å². The van der Waals surface area contributed by atoms with E-state index in [-0.39, 0.29) is 23.0 Å². The number of benzene rings is 1. The Labute approximate surface area is 140 Å². The van der Waals surface area contributed by atoms with Gasteiger partial charge in [0.15, 0.2) is 11.5 Å². The minimum atomic E-state index is -0.722. The molecule has 1 aromatic carbocycles. The normalized spacial score (nSPS) is 11.1. The van der Waals surface area contributed by atoms with E-state index in [0.29, 0.717) is 17.7 Å². The predicted octanol–water partition coefficient (Wildman–Crippen LogP) is 1.28. The first-order chi connectivity index (χ1) is 11.2. The fourth-order valence-electron chi connectivity index (χ4n) is 2.15. The first-order valence-electron chi connectivity index (χ1n) is 7.48. The number of nitrogens with one attached hydrogen (secondary N) is 1. The summed E-state index contributed by atoms with van der Waals surface area (Å²) in [7, 11) is 0. The highest BCUT2D eigenvalue weighted by molar-refractivity contribution is 5.95. The number of carbonyl (C=O) groups is 2. The molecule has 0 saturated heterocycles. The van der Waals surface area contributed by atoms with Gasteiger partial charge in [-0.3, -0.25) is 9.59 Å². The van der Waals surface area contributed by atoms with Crippen LogP contribution in [0.2, 0.25) is 0 Å². The van der Waals surface area contributed by atoms with Gasteiger partial charge < -0.3 is 16.8 Å². The molecule has 0 atom stereocenters. The van der Waals surface area contributed by atoms with Crippen LogP contribution in [0.4, 0.5) is 5.82 Å². The van der Waals surface area contributed by atoms with Gasteiger partial charge in [-0.05, 0) is 38.5 Å². The third kappa shape index (κ3) is 4.52. The fourth-order valence-corrected chi connectivity index (χ4v) is 2.15. The highest BCUT2D eigenvalue weighted by atomic mass is 16.2. The van der Waals surface area contributed by atoms with E-state index < -0.39 is 5.91 Å². The number of aromatic nitrogens is 2. The van der Waals surface area contributed by atoms with E-state index in [0.717, 1.165) is 5.56 Å². The second-order valence-corrected chi connectivity index (χ2v) is 6.54. The number of anilines is 1. The van der Waals surface area contributed by atoms with Crippen molar-refractivity contribution < 1.29 is 9.59 Å². The second-order valence-electron chi connectivity index (χ2n) is 6.54. The summed E-state index contributed by atoms with van der Waals surface area (Å²) in [6, 6.07) is 7.19. The topological polar surface area (TPSA) is 124 Å². The van der Waals surface area contributed by atoms with Crippen molar-refractivity contribution in [3.05, 3.63) is 53.0 Å². The summed E-state index contributed by atoms with van der Waals surface area (Å²) in [4.78, 5) is 31.6.